The molecule has 2 aromatic carbocycles. The van der Waals surface area contributed by atoms with Crippen LogP contribution in [0.4, 0.5) is 23.7 Å². The average Bonchev–Trinajstić information content (AvgIpc) is 3.12. The second-order valence-corrected chi connectivity index (χ2v) is 8.99. The first-order chi connectivity index (χ1) is 14.7. The van der Waals surface area contributed by atoms with Gasteiger partial charge in [-0.15, -0.1) is 0 Å². The Kier molecular flexibility index (Phi) is 6.19. The molecule has 1 unspecified atom stereocenters. The summed E-state index contributed by atoms with van der Waals surface area (Å²) in [6, 6.07) is 10.2. The maximum absolute atomic E-state index is 14.2. The number of halogens is 4. The maximum Gasteiger partial charge on any atom is 0.435 e. The maximum atomic E-state index is 14.2. The summed E-state index contributed by atoms with van der Waals surface area (Å²) in [7, 11) is 0. The van der Waals surface area contributed by atoms with E-state index in [9.17, 15) is 18.0 Å². The third-order valence-electron chi connectivity index (χ3n) is 4.74. The van der Waals surface area contributed by atoms with Crippen molar-refractivity contribution in [2.24, 2.45) is 11.0 Å². The Morgan fingerprint density at radius 2 is 1.91 bits per heavy atom. The van der Waals surface area contributed by atoms with Crippen molar-refractivity contribution in [3.63, 3.8) is 0 Å². The topological polar surface area (TPSA) is 77.2 Å². The van der Waals surface area contributed by atoms with Gasteiger partial charge in [-0.3, -0.25) is 0 Å². The van der Waals surface area contributed by atoms with Crippen LogP contribution in [-0.2, 0) is 15.2 Å². The molecule has 1 aliphatic heterocycles. The van der Waals surface area contributed by atoms with Gasteiger partial charge < -0.3 is 9.57 Å². The Morgan fingerprint density at radius 3 is 2.50 bits per heavy atom. The number of hydrogen-bond donors (Lipinski definition) is 1. The van der Waals surface area contributed by atoms with Gasteiger partial charge >= 0.3 is 12.3 Å². The summed E-state index contributed by atoms with van der Waals surface area (Å²) in [4.78, 5) is 17.3. The average molecular weight is 470 g/mol. The van der Waals surface area contributed by atoms with Crippen LogP contribution in [-0.4, -0.2) is 23.6 Å². The van der Waals surface area contributed by atoms with Crippen molar-refractivity contribution in [3.8, 4) is 0 Å². The van der Waals surface area contributed by atoms with Gasteiger partial charge in [-0.1, -0.05) is 35.0 Å². The molecule has 6 nitrogen and oxygen atoms in total. The van der Waals surface area contributed by atoms with E-state index in [4.69, 9.17) is 27.0 Å². The molecule has 32 heavy (non-hydrogen) atoms. The number of anilines is 1. The molecule has 1 atom stereocenters. The Hall–Kier alpha value is -2.78. The van der Waals surface area contributed by atoms with Gasteiger partial charge in [0.05, 0.1) is 11.4 Å². The van der Waals surface area contributed by atoms with E-state index in [0.717, 1.165) is 5.01 Å². The first-order valence-corrected chi connectivity index (χ1v) is 10.1. The van der Waals surface area contributed by atoms with Gasteiger partial charge in [0.25, 0.3) is 5.60 Å². The van der Waals surface area contributed by atoms with Crippen LogP contribution in [0.25, 0.3) is 0 Å². The number of nitrogens with zero attached hydrogens (tertiary/aromatic N) is 2. The van der Waals surface area contributed by atoms with Crippen molar-refractivity contribution in [1.29, 1.82) is 0 Å². The number of benzene rings is 2. The van der Waals surface area contributed by atoms with Gasteiger partial charge in [0.2, 0.25) is 0 Å². The van der Waals surface area contributed by atoms with E-state index in [1.807, 2.05) is 0 Å². The number of hydrogen-bond acceptors (Lipinski definition) is 5. The summed E-state index contributed by atoms with van der Waals surface area (Å²) in [6.07, 6.45) is -6.14. The lowest BCUT2D eigenvalue weighted by molar-refractivity contribution is -0.275. The largest absolute Gasteiger partial charge is 0.442 e. The predicted octanol–water partition coefficient (Wildman–Crippen LogP) is 5.85. The van der Waals surface area contributed by atoms with Crippen LogP contribution >= 0.6 is 11.6 Å². The molecule has 0 fully saturated rings. The molecule has 1 heterocycles. The zero-order valence-corrected chi connectivity index (χ0v) is 18.7. The van der Waals surface area contributed by atoms with Crippen molar-refractivity contribution in [1.82, 2.24) is 0 Å². The number of oxime groups is 1. The Morgan fingerprint density at radius 1 is 1.22 bits per heavy atom. The Balaban J connectivity index is 1.92. The summed E-state index contributed by atoms with van der Waals surface area (Å²) in [5, 5.41) is 4.69. The highest BCUT2D eigenvalue weighted by atomic mass is 35.5. The zero-order chi connectivity index (χ0) is 23.9. The molecule has 0 spiro atoms. The molecule has 2 N–H and O–H groups in total. The van der Waals surface area contributed by atoms with E-state index < -0.39 is 29.9 Å². The zero-order valence-electron chi connectivity index (χ0n) is 18.0. The smallest absolute Gasteiger partial charge is 0.435 e. The summed E-state index contributed by atoms with van der Waals surface area (Å²) in [6.45, 7) is 6.71. The van der Waals surface area contributed by atoms with E-state index in [1.165, 1.54) is 24.3 Å². The number of ether oxygens (including phenoxy) is 1. The van der Waals surface area contributed by atoms with Gasteiger partial charge in [0.1, 0.15) is 5.60 Å². The minimum absolute atomic E-state index is 0.0550. The van der Waals surface area contributed by atoms with Crippen LogP contribution in [0, 0.1) is 6.92 Å². The third kappa shape index (κ3) is 4.83. The quantitative estimate of drug-likeness (QED) is 0.347. The Labute approximate surface area is 188 Å². The lowest BCUT2D eigenvalue weighted by Crippen LogP contribution is -2.43. The van der Waals surface area contributed by atoms with E-state index >= 15 is 0 Å². The highest BCUT2D eigenvalue weighted by Crippen LogP contribution is 2.49. The number of carbonyl (C=O) groups is 1. The van der Waals surface area contributed by atoms with Gasteiger partial charge in [-0.25, -0.2) is 15.6 Å². The molecule has 0 radical (unpaired) electrons. The molecule has 2 aromatic rings. The summed E-state index contributed by atoms with van der Waals surface area (Å²) in [5.41, 5.74) is -2.42. The summed E-state index contributed by atoms with van der Waals surface area (Å²) >= 11 is 6.00. The van der Waals surface area contributed by atoms with Gasteiger partial charge in [-0.2, -0.15) is 13.2 Å². The van der Waals surface area contributed by atoms with E-state index in [-0.39, 0.29) is 22.0 Å². The molecule has 0 saturated carbocycles. The van der Waals surface area contributed by atoms with Crippen molar-refractivity contribution in [3.05, 3.63) is 64.2 Å². The highest BCUT2D eigenvalue weighted by Gasteiger charge is 2.62. The third-order valence-corrected chi connectivity index (χ3v) is 4.96. The molecule has 0 saturated heterocycles. The van der Waals surface area contributed by atoms with E-state index in [2.05, 4.69) is 5.16 Å². The highest BCUT2D eigenvalue weighted by molar-refractivity contribution is 6.30. The van der Waals surface area contributed by atoms with Gasteiger partial charge in [-0.05, 0) is 57.5 Å². The van der Waals surface area contributed by atoms with Crippen LogP contribution in [0.1, 0.15) is 43.9 Å². The Bertz CT molecular complexity index is 1050. The lowest BCUT2D eigenvalue weighted by atomic mass is 9.86. The summed E-state index contributed by atoms with van der Waals surface area (Å²) in [5.74, 6) is 5.85. The van der Waals surface area contributed by atoms with Crippen LogP contribution in [0.3, 0.4) is 0 Å². The standard InChI is InChI=1S/C22H23ClF3N3O3/c1-13-8-15(11-16(23)9-13)21(22(24,25)26)12-18(28-32-21)14-6-5-7-17(10-14)29(27)19(30)31-20(2,3)4/h5-11H,12,27H2,1-4H3. The molecule has 172 valence electrons. The number of nitrogens with two attached hydrogens (primary N) is 1. The van der Waals surface area contributed by atoms with Gasteiger partial charge in [0.15, 0.2) is 0 Å². The number of alkyl halides is 3. The monoisotopic (exact) mass is 469 g/mol. The molecular weight excluding hydrogens is 447 g/mol. The first-order valence-electron chi connectivity index (χ1n) is 9.69. The molecular formula is C22H23ClF3N3O3. The molecule has 1 aliphatic rings. The number of hydrazine groups is 1. The van der Waals surface area contributed by atoms with E-state index in [1.54, 1.807) is 45.9 Å². The molecule has 1 amide bonds. The molecule has 0 aliphatic carbocycles. The minimum Gasteiger partial charge on any atom is -0.442 e. The number of amides is 1. The number of rotatable bonds is 3. The van der Waals surface area contributed by atoms with Crippen molar-refractivity contribution in [2.75, 3.05) is 5.01 Å². The summed E-state index contributed by atoms with van der Waals surface area (Å²) < 4.78 is 47.8. The van der Waals surface area contributed by atoms with Crippen LogP contribution in [0.2, 0.25) is 5.02 Å². The van der Waals surface area contributed by atoms with E-state index in [0.29, 0.717) is 11.1 Å². The SMILES string of the molecule is Cc1cc(Cl)cc(C2(C(F)(F)F)CC(c3cccc(N(N)C(=O)OC(C)(C)C)c3)=NO2)c1. The normalized spacial score (nSPS) is 18.7. The lowest BCUT2D eigenvalue weighted by Gasteiger charge is -2.30. The molecule has 10 heteroatoms. The fourth-order valence-electron chi connectivity index (χ4n) is 3.28. The first kappa shape index (κ1) is 23.9. The fraction of sp³-hybridized carbons (Fsp3) is 0.364. The van der Waals surface area contributed by atoms with Crippen molar-refractivity contribution >= 4 is 29.1 Å². The number of carbonyl (C=O) groups excluding carboxylic acids is 1. The van der Waals surface area contributed by atoms with Crippen molar-refractivity contribution in [2.45, 2.75) is 51.5 Å². The minimum atomic E-state index is -4.76. The molecule has 0 aromatic heterocycles. The second-order valence-electron chi connectivity index (χ2n) is 8.55. The van der Waals surface area contributed by atoms with Crippen LogP contribution in [0.15, 0.2) is 47.6 Å². The van der Waals surface area contributed by atoms with Crippen LogP contribution in [0.5, 0.6) is 0 Å². The van der Waals surface area contributed by atoms with Crippen molar-refractivity contribution < 1.29 is 27.5 Å². The second kappa shape index (κ2) is 8.29. The predicted molar refractivity (Wildman–Crippen MR) is 116 cm³/mol. The molecule has 3 rings (SSSR count). The molecule has 0 bridgehead atoms. The number of aryl methyl sites for hydroxylation is 1. The fourth-order valence-corrected chi connectivity index (χ4v) is 3.57. The van der Waals surface area contributed by atoms with Crippen LogP contribution < -0.4 is 10.9 Å². The van der Waals surface area contributed by atoms with Gasteiger partial charge in [0, 0.05) is 22.6 Å².